The molecule has 98 valence electrons. The monoisotopic (exact) mass is 271 g/mol. The van der Waals surface area contributed by atoms with Gasteiger partial charge >= 0.3 is 0 Å². The van der Waals surface area contributed by atoms with E-state index in [4.69, 9.17) is 0 Å². The molecule has 0 radical (unpaired) electrons. The first-order valence-electron chi connectivity index (χ1n) is 5.43. The molecule has 1 heterocycles. The fourth-order valence-electron chi connectivity index (χ4n) is 1.66. The predicted octanol–water partition coefficient (Wildman–Crippen LogP) is 0.336. The average Bonchev–Trinajstić information content (AvgIpc) is 2.19. The smallest absolute Gasteiger partial charge is 0.278 e. The van der Waals surface area contributed by atoms with Crippen LogP contribution in [0.1, 0.15) is 25.7 Å². The molecule has 1 unspecified atom stereocenters. The third kappa shape index (κ3) is 5.45. The Balaban J connectivity index is 0.00000225. The molecule has 1 saturated heterocycles. The highest BCUT2D eigenvalue weighted by atomic mass is 35.5. The Kier molecular flexibility index (Phi) is 7.50. The zero-order valence-corrected chi connectivity index (χ0v) is 11.5. The maximum absolute atomic E-state index is 11.4. The first kappa shape index (κ1) is 16.1. The van der Waals surface area contributed by atoms with Crippen LogP contribution in [0.2, 0.25) is 0 Å². The molecule has 1 rings (SSSR count). The summed E-state index contributed by atoms with van der Waals surface area (Å²) in [5, 5.41) is 3.39. The normalized spacial score (nSPS) is 21.8. The van der Waals surface area contributed by atoms with Gasteiger partial charge in [0.25, 0.3) is 10.2 Å². The van der Waals surface area contributed by atoms with Crippen molar-refractivity contribution >= 4 is 22.6 Å². The van der Waals surface area contributed by atoms with Crippen LogP contribution in [-0.2, 0) is 10.2 Å². The van der Waals surface area contributed by atoms with Gasteiger partial charge < -0.3 is 5.32 Å². The van der Waals surface area contributed by atoms with Crippen molar-refractivity contribution in [1.29, 1.82) is 0 Å². The van der Waals surface area contributed by atoms with Crippen molar-refractivity contribution in [1.82, 2.24) is 14.3 Å². The van der Waals surface area contributed by atoms with Crippen LogP contribution in [0.5, 0.6) is 0 Å². The summed E-state index contributed by atoms with van der Waals surface area (Å²) in [7, 11) is -0.186. The molecule has 0 aromatic carbocycles. The van der Waals surface area contributed by atoms with E-state index in [9.17, 15) is 8.42 Å². The van der Waals surface area contributed by atoms with Gasteiger partial charge in [0, 0.05) is 26.7 Å². The molecule has 1 aliphatic heterocycles. The van der Waals surface area contributed by atoms with E-state index in [1.54, 1.807) is 0 Å². The van der Waals surface area contributed by atoms with Crippen molar-refractivity contribution in [3.63, 3.8) is 0 Å². The first-order chi connectivity index (χ1) is 7.02. The van der Waals surface area contributed by atoms with Crippen molar-refractivity contribution in [3.8, 4) is 0 Å². The van der Waals surface area contributed by atoms with E-state index < -0.39 is 10.2 Å². The highest BCUT2D eigenvalue weighted by molar-refractivity contribution is 7.87. The Morgan fingerprint density at radius 1 is 1.38 bits per heavy atom. The lowest BCUT2D eigenvalue weighted by Crippen LogP contribution is -2.40. The lowest BCUT2D eigenvalue weighted by Gasteiger charge is -2.23. The van der Waals surface area contributed by atoms with Gasteiger partial charge in [0.15, 0.2) is 0 Å². The Morgan fingerprint density at radius 3 is 2.56 bits per heavy atom. The molecule has 0 spiro atoms. The van der Waals surface area contributed by atoms with Crippen molar-refractivity contribution < 1.29 is 8.42 Å². The maximum atomic E-state index is 11.4. The van der Waals surface area contributed by atoms with Crippen molar-refractivity contribution in [2.24, 2.45) is 0 Å². The minimum Gasteiger partial charge on any atom is -0.314 e. The van der Waals surface area contributed by atoms with Crippen LogP contribution in [-0.4, -0.2) is 45.9 Å². The van der Waals surface area contributed by atoms with E-state index in [1.807, 2.05) is 0 Å². The van der Waals surface area contributed by atoms with Gasteiger partial charge in [-0.25, -0.2) is 4.72 Å². The van der Waals surface area contributed by atoms with Crippen LogP contribution in [0.25, 0.3) is 0 Å². The van der Waals surface area contributed by atoms with Gasteiger partial charge in [0.1, 0.15) is 0 Å². The Labute approximate surface area is 105 Å². The van der Waals surface area contributed by atoms with E-state index >= 15 is 0 Å². The van der Waals surface area contributed by atoms with E-state index in [0.29, 0.717) is 12.6 Å². The molecule has 2 N–H and O–H groups in total. The second kappa shape index (κ2) is 7.45. The van der Waals surface area contributed by atoms with Gasteiger partial charge in [-0.15, -0.1) is 12.4 Å². The topological polar surface area (TPSA) is 61.4 Å². The van der Waals surface area contributed by atoms with Crippen LogP contribution < -0.4 is 10.0 Å². The summed E-state index contributed by atoms with van der Waals surface area (Å²) in [6.45, 7) is 1.57. The summed E-state index contributed by atoms with van der Waals surface area (Å²) < 4.78 is 26.5. The quantitative estimate of drug-likeness (QED) is 0.758. The van der Waals surface area contributed by atoms with Gasteiger partial charge in [-0.05, 0) is 25.8 Å². The van der Waals surface area contributed by atoms with E-state index in [0.717, 1.165) is 19.4 Å². The summed E-state index contributed by atoms with van der Waals surface area (Å²) >= 11 is 0. The summed E-state index contributed by atoms with van der Waals surface area (Å²) in [5.41, 5.74) is 0. The highest BCUT2D eigenvalue weighted by Crippen LogP contribution is 2.09. The summed E-state index contributed by atoms with van der Waals surface area (Å²) in [5.74, 6) is 0. The minimum atomic E-state index is -3.24. The number of nitrogens with one attached hydrogen (secondary N) is 2. The zero-order chi connectivity index (χ0) is 11.3. The number of nitrogens with zero attached hydrogens (tertiary/aromatic N) is 1. The molecule has 0 amide bonds. The molecule has 1 atom stereocenters. The van der Waals surface area contributed by atoms with Crippen LogP contribution in [0.3, 0.4) is 0 Å². The third-order valence-electron chi connectivity index (χ3n) is 2.67. The second-order valence-corrected chi connectivity index (χ2v) is 6.09. The van der Waals surface area contributed by atoms with E-state index in [1.165, 1.54) is 31.2 Å². The van der Waals surface area contributed by atoms with Crippen molar-refractivity contribution in [2.75, 3.05) is 27.2 Å². The van der Waals surface area contributed by atoms with E-state index in [2.05, 4.69) is 10.0 Å². The SMILES string of the molecule is CN(C)S(=O)(=O)NCCC1CCCCN1.Cl. The van der Waals surface area contributed by atoms with Crippen molar-refractivity contribution in [2.45, 2.75) is 31.7 Å². The van der Waals surface area contributed by atoms with Gasteiger partial charge in [-0.2, -0.15) is 12.7 Å². The third-order valence-corrected chi connectivity index (χ3v) is 4.20. The summed E-state index contributed by atoms with van der Waals surface area (Å²) in [6, 6.07) is 0.476. The van der Waals surface area contributed by atoms with Gasteiger partial charge in [-0.3, -0.25) is 0 Å². The molecule has 0 bridgehead atoms. The molecule has 5 nitrogen and oxygen atoms in total. The van der Waals surface area contributed by atoms with Gasteiger partial charge in [0.2, 0.25) is 0 Å². The van der Waals surface area contributed by atoms with Crippen LogP contribution in [0, 0.1) is 0 Å². The van der Waals surface area contributed by atoms with Crippen LogP contribution in [0.4, 0.5) is 0 Å². The van der Waals surface area contributed by atoms with Crippen LogP contribution in [0.15, 0.2) is 0 Å². The molecule has 0 aromatic rings. The lowest BCUT2D eigenvalue weighted by molar-refractivity contribution is 0.381. The number of halogens is 1. The Morgan fingerprint density at radius 2 is 2.06 bits per heavy atom. The Bertz CT molecular complexity index is 276. The Hall–Kier alpha value is 0.120. The minimum absolute atomic E-state index is 0. The molecule has 1 fully saturated rings. The molecule has 16 heavy (non-hydrogen) atoms. The van der Waals surface area contributed by atoms with Crippen LogP contribution >= 0.6 is 12.4 Å². The maximum Gasteiger partial charge on any atom is 0.278 e. The molecule has 0 aromatic heterocycles. The summed E-state index contributed by atoms with van der Waals surface area (Å²) in [4.78, 5) is 0. The fourth-order valence-corrected chi connectivity index (χ4v) is 2.30. The molecular weight excluding hydrogens is 250 g/mol. The van der Waals surface area contributed by atoms with E-state index in [-0.39, 0.29) is 12.4 Å². The zero-order valence-electron chi connectivity index (χ0n) is 9.90. The van der Waals surface area contributed by atoms with Gasteiger partial charge in [-0.1, -0.05) is 6.42 Å². The average molecular weight is 272 g/mol. The number of hydrogen-bond donors (Lipinski definition) is 2. The standard InChI is InChI=1S/C9H21N3O2S.ClH/c1-12(2)15(13,14)11-8-6-9-5-3-4-7-10-9;/h9-11H,3-8H2,1-2H3;1H. The first-order valence-corrected chi connectivity index (χ1v) is 6.87. The predicted molar refractivity (Wildman–Crippen MR) is 68.1 cm³/mol. The second-order valence-electron chi connectivity index (χ2n) is 4.12. The molecule has 0 aliphatic carbocycles. The number of rotatable bonds is 5. The molecule has 1 aliphatic rings. The van der Waals surface area contributed by atoms with Crippen molar-refractivity contribution in [3.05, 3.63) is 0 Å². The lowest BCUT2D eigenvalue weighted by atomic mass is 10.0. The molecular formula is C9H22ClN3O2S. The molecule has 7 heteroatoms. The van der Waals surface area contributed by atoms with Gasteiger partial charge in [0.05, 0.1) is 0 Å². The number of hydrogen-bond acceptors (Lipinski definition) is 3. The highest BCUT2D eigenvalue weighted by Gasteiger charge is 2.15. The largest absolute Gasteiger partial charge is 0.314 e. The summed E-state index contributed by atoms with van der Waals surface area (Å²) in [6.07, 6.45) is 4.51. The fraction of sp³-hybridized carbons (Fsp3) is 1.00. The molecule has 0 saturated carbocycles. The number of piperidine rings is 1.